The van der Waals surface area contributed by atoms with Crippen LogP contribution in [0.1, 0.15) is 17.5 Å². The van der Waals surface area contributed by atoms with Gasteiger partial charge in [-0.1, -0.05) is 11.8 Å². The van der Waals surface area contributed by atoms with E-state index in [4.69, 9.17) is 17.0 Å². The molecule has 0 fully saturated rings. The van der Waals surface area contributed by atoms with Gasteiger partial charge in [0.15, 0.2) is 0 Å². The van der Waals surface area contributed by atoms with Crippen LogP contribution >= 0.6 is 40.0 Å². The van der Waals surface area contributed by atoms with Crippen molar-refractivity contribution in [2.24, 2.45) is 0 Å². The highest BCUT2D eigenvalue weighted by Gasteiger charge is 1.99. The van der Waals surface area contributed by atoms with Gasteiger partial charge in [-0.2, -0.15) is 0 Å². The first-order valence-corrected chi connectivity index (χ1v) is 9.27. The Morgan fingerprint density at radius 1 is 1.56 bits per heavy atom. The van der Waals surface area contributed by atoms with E-state index in [1.165, 1.54) is 6.21 Å². The van der Waals surface area contributed by atoms with Crippen molar-refractivity contribution < 1.29 is 0 Å². The summed E-state index contributed by atoms with van der Waals surface area (Å²) in [6.07, 6.45) is 2.63. The Morgan fingerprint density at radius 3 is 3.00 bits per heavy atom. The third kappa shape index (κ3) is 4.29. The summed E-state index contributed by atoms with van der Waals surface area (Å²) < 4.78 is 0. The molecule has 0 aliphatic carbocycles. The molecule has 0 aromatic heterocycles. The number of hydrogen-bond acceptors (Lipinski definition) is 2. The molecule has 5 heteroatoms. The second-order valence-corrected chi connectivity index (χ2v) is 5.34. The van der Waals surface area contributed by atoms with Gasteiger partial charge in [-0.25, -0.2) is 0 Å². The van der Waals surface area contributed by atoms with E-state index in [1.54, 1.807) is 0 Å². The quantitative estimate of drug-likeness (QED) is 0.273. The predicted octanol–water partition coefficient (Wildman–Crippen LogP) is 4.02. The molecule has 1 unspecified atom stereocenters. The summed E-state index contributed by atoms with van der Waals surface area (Å²) in [5.41, 5.74) is 2.76. The Hall–Kier alpha value is -0.300. The average molecular weight is 365 g/mol. The van der Waals surface area contributed by atoms with Crippen LogP contribution in [0, 0.1) is 17.3 Å². The van der Waals surface area contributed by atoms with Gasteiger partial charge in [0.1, 0.15) is 0 Å². The molecule has 2 nitrogen and oxygen atoms in total. The zero-order valence-corrected chi connectivity index (χ0v) is 12.4. The maximum Gasteiger partial charge on any atom is 0.0465 e. The molecule has 84 valence electrons. The molecular formula is C11H11ClIN2P. The molecule has 0 radical (unpaired) electrons. The lowest BCUT2D eigenvalue weighted by Gasteiger charge is -2.06. The number of nitrogens with one attached hydrogen (secondary N) is 2. The average Bonchev–Trinajstić information content (AvgIpc) is 2.31. The highest BCUT2D eigenvalue weighted by molar-refractivity contribution is 14.2. The third-order valence-electron chi connectivity index (χ3n) is 1.84. The molecule has 1 aromatic rings. The minimum atomic E-state index is 0.556. The normalized spacial score (nSPS) is 9.88. The molecule has 16 heavy (non-hydrogen) atoms. The summed E-state index contributed by atoms with van der Waals surface area (Å²) >= 11 is 7.80. The SMILES string of the molecule is N=Cc1cc(C#CCCCl)ccc1NPI. The van der Waals surface area contributed by atoms with Crippen molar-refractivity contribution in [2.75, 3.05) is 11.0 Å². The lowest BCUT2D eigenvalue weighted by Crippen LogP contribution is -1.90. The molecule has 0 saturated carbocycles. The van der Waals surface area contributed by atoms with Gasteiger partial charge in [-0.15, -0.1) is 11.6 Å². The number of anilines is 1. The van der Waals surface area contributed by atoms with Gasteiger partial charge in [0.05, 0.1) is 0 Å². The molecule has 0 aliphatic heterocycles. The van der Waals surface area contributed by atoms with Crippen molar-refractivity contribution in [3.05, 3.63) is 29.3 Å². The summed E-state index contributed by atoms with van der Waals surface area (Å²) in [6.45, 7) is 0. The lowest BCUT2D eigenvalue weighted by atomic mass is 10.1. The number of alkyl halides is 1. The summed E-state index contributed by atoms with van der Waals surface area (Å²) in [5.74, 6) is 6.56. The van der Waals surface area contributed by atoms with Crippen molar-refractivity contribution in [1.82, 2.24) is 0 Å². The van der Waals surface area contributed by atoms with Gasteiger partial charge < -0.3 is 10.5 Å². The van der Waals surface area contributed by atoms with E-state index >= 15 is 0 Å². The Labute approximate surface area is 115 Å². The second-order valence-electron chi connectivity index (χ2n) is 2.91. The summed E-state index contributed by atoms with van der Waals surface area (Å²) in [6, 6.07) is 5.82. The largest absolute Gasteiger partial charge is 0.358 e. The van der Waals surface area contributed by atoms with Gasteiger partial charge in [-0.05, 0) is 40.2 Å². The Balaban J connectivity index is 2.91. The monoisotopic (exact) mass is 364 g/mol. The van der Waals surface area contributed by atoms with Crippen LogP contribution < -0.4 is 5.09 Å². The standard InChI is InChI=1S/C11H11ClIN2P/c12-6-2-1-3-9-4-5-11(15-16-13)10(7-9)8-14/h4-5,7-8,14-16H,2,6H2. The van der Waals surface area contributed by atoms with Gasteiger partial charge in [0, 0.05) is 41.7 Å². The van der Waals surface area contributed by atoms with E-state index in [0.717, 1.165) is 16.8 Å². The van der Waals surface area contributed by atoms with Crippen LogP contribution in [0.4, 0.5) is 5.69 Å². The smallest absolute Gasteiger partial charge is 0.0465 e. The third-order valence-corrected chi connectivity index (χ3v) is 3.20. The fraction of sp³-hybridized carbons (Fsp3) is 0.182. The van der Waals surface area contributed by atoms with Crippen LogP contribution in [-0.2, 0) is 0 Å². The Kier molecular flexibility index (Phi) is 6.79. The molecule has 0 spiro atoms. The van der Waals surface area contributed by atoms with E-state index in [0.29, 0.717) is 18.7 Å². The summed E-state index contributed by atoms with van der Waals surface area (Å²) in [4.78, 5) is 0. The molecule has 1 atom stereocenters. The van der Waals surface area contributed by atoms with Gasteiger partial charge in [0.2, 0.25) is 0 Å². The molecule has 0 aliphatic rings. The second kappa shape index (κ2) is 7.89. The topological polar surface area (TPSA) is 35.9 Å². The maximum atomic E-state index is 7.34. The van der Waals surface area contributed by atoms with E-state index in [-0.39, 0.29) is 0 Å². The maximum absolute atomic E-state index is 7.34. The lowest BCUT2D eigenvalue weighted by molar-refractivity contribution is 1.29. The first-order chi connectivity index (χ1) is 7.81. The van der Waals surface area contributed by atoms with Crippen molar-refractivity contribution in [1.29, 1.82) is 5.41 Å². The number of halogens is 2. The van der Waals surface area contributed by atoms with Gasteiger partial charge >= 0.3 is 0 Å². The van der Waals surface area contributed by atoms with E-state index in [1.807, 2.05) is 18.2 Å². The number of rotatable bonds is 4. The Morgan fingerprint density at radius 2 is 2.38 bits per heavy atom. The first-order valence-electron chi connectivity index (χ1n) is 4.63. The predicted molar refractivity (Wildman–Crippen MR) is 82.5 cm³/mol. The summed E-state index contributed by atoms with van der Waals surface area (Å²) in [7, 11) is 0. The van der Waals surface area contributed by atoms with Crippen LogP contribution in [0.15, 0.2) is 18.2 Å². The van der Waals surface area contributed by atoms with Crippen molar-refractivity contribution in [3.8, 4) is 11.8 Å². The van der Waals surface area contributed by atoms with E-state index in [2.05, 4.69) is 39.0 Å². The molecule has 0 heterocycles. The molecule has 2 N–H and O–H groups in total. The number of hydrogen-bond donors (Lipinski definition) is 2. The van der Waals surface area contributed by atoms with Crippen molar-refractivity contribution in [2.45, 2.75) is 6.42 Å². The summed E-state index contributed by atoms with van der Waals surface area (Å²) in [5, 5.41) is 10.6. The van der Waals surface area contributed by atoms with Gasteiger partial charge in [0.25, 0.3) is 0 Å². The van der Waals surface area contributed by atoms with Crippen LogP contribution in [0.2, 0.25) is 0 Å². The highest BCUT2D eigenvalue weighted by atomic mass is 127. The zero-order chi connectivity index (χ0) is 11.8. The minimum Gasteiger partial charge on any atom is -0.358 e. The molecule has 0 saturated heterocycles. The van der Waals surface area contributed by atoms with Crippen LogP contribution in [0.25, 0.3) is 0 Å². The van der Waals surface area contributed by atoms with Crippen molar-refractivity contribution in [3.63, 3.8) is 0 Å². The zero-order valence-electron chi connectivity index (χ0n) is 8.48. The molecule has 1 aromatic carbocycles. The molecule has 0 amide bonds. The first kappa shape index (κ1) is 13.8. The van der Waals surface area contributed by atoms with Crippen LogP contribution in [0.3, 0.4) is 0 Å². The molecular weight excluding hydrogens is 353 g/mol. The fourth-order valence-corrected chi connectivity index (χ4v) is 2.43. The van der Waals surface area contributed by atoms with Crippen LogP contribution in [-0.4, -0.2) is 12.1 Å². The van der Waals surface area contributed by atoms with Crippen molar-refractivity contribution >= 4 is 51.9 Å². The Bertz CT molecular complexity index is 426. The number of benzene rings is 1. The molecule has 1 rings (SSSR count). The molecule has 0 bridgehead atoms. The van der Waals surface area contributed by atoms with Gasteiger partial charge in [-0.3, -0.25) is 0 Å². The van der Waals surface area contributed by atoms with E-state index in [9.17, 15) is 0 Å². The van der Waals surface area contributed by atoms with Crippen LogP contribution in [0.5, 0.6) is 0 Å². The highest BCUT2D eigenvalue weighted by Crippen LogP contribution is 2.26. The van der Waals surface area contributed by atoms with E-state index < -0.39 is 0 Å². The minimum absolute atomic E-state index is 0.556. The fourth-order valence-electron chi connectivity index (χ4n) is 1.14.